The number of aliphatic hydroxyl groups is 1. The number of ether oxygens (including phenoxy) is 2. The van der Waals surface area contributed by atoms with Crippen molar-refractivity contribution in [3.05, 3.63) is 77.9 Å². The van der Waals surface area contributed by atoms with E-state index in [0.29, 0.717) is 29.2 Å². The summed E-state index contributed by atoms with van der Waals surface area (Å²) < 4.78 is 37.7. The van der Waals surface area contributed by atoms with Crippen molar-refractivity contribution in [1.29, 1.82) is 0 Å². The zero-order valence-corrected chi connectivity index (χ0v) is 16.6. The molecule has 1 N–H and O–H groups in total. The van der Waals surface area contributed by atoms with Crippen LogP contribution in [0.5, 0.6) is 11.6 Å². The number of imidazole rings is 1. The van der Waals surface area contributed by atoms with Crippen LogP contribution in [0.15, 0.2) is 60.9 Å². The minimum absolute atomic E-state index is 0.105. The maximum atomic E-state index is 12.9. The highest BCUT2D eigenvalue weighted by Gasteiger charge is 2.37. The van der Waals surface area contributed by atoms with Crippen molar-refractivity contribution in [3.63, 3.8) is 0 Å². The Morgan fingerprint density at radius 2 is 1.90 bits per heavy atom. The quantitative estimate of drug-likeness (QED) is 0.509. The normalized spacial score (nSPS) is 17.8. The van der Waals surface area contributed by atoms with Gasteiger partial charge in [-0.1, -0.05) is 18.2 Å². The van der Waals surface area contributed by atoms with Gasteiger partial charge in [0.1, 0.15) is 11.4 Å². The number of methoxy groups -OCH3 is 1. The summed E-state index contributed by atoms with van der Waals surface area (Å²) in [7, 11) is 1.56. The lowest BCUT2D eigenvalue weighted by atomic mass is 9.95. The van der Waals surface area contributed by atoms with Gasteiger partial charge in [-0.25, -0.2) is 9.97 Å². The van der Waals surface area contributed by atoms with Gasteiger partial charge in [0.25, 0.3) is 0 Å². The lowest BCUT2D eigenvalue weighted by Gasteiger charge is -2.17. The van der Waals surface area contributed by atoms with Crippen LogP contribution < -0.4 is 9.47 Å². The summed E-state index contributed by atoms with van der Waals surface area (Å²) in [5.41, 5.74) is 4.39. The summed E-state index contributed by atoms with van der Waals surface area (Å²) in [5, 5.41) is 10.6. The molecule has 0 radical (unpaired) electrons. The number of para-hydroxylation sites is 1. The zero-order valence-electron chi connectivity index (χ0n) is 16.6. The third kappa shape index (κ3) is 3.38. The fraction of sp³-hybridized carbons (Fsp3) is 0.217. The molecule has 0 saturated heterocycles. The van der Waals surface area contributed by atoms with E-state index in [4.69, 9.17) is 9.47 Å². The number of aliphatic hydroxyl groups excluding tert-OH is 1. The Morgan fingerprint density at radius 1 is 1.10 bits per heavy atom. The highest BCUT2D eigenvalue weighted by molar-refractivity contribution is 5.65. The van der Waals surface area contributed by atoms with Crippen LogP contribution in [0.2, 0.25) is 0 Å². The Hall–Kier alpha value is -3.52. The molecule has 0 aliphatic heterocycles. The third-order valence-electron chi connectivity index (χ3n) is 5.58. The Kier molecular flexibility index (Phi) is 4.78. The third-order valence-corrected chi connectivity index (χ3v) is 5.58. The molecule has 5 rings (SSSR count). The molecular weight excluding hydrogens is 404 g/mol. The molecule has 0 spiro atoms. The number of rotatable bonds is 5. The molecular formula is C23H19F2N3O3. The fourth-order valence-electron chi connectivity index (χ4n) is 4.21. The summed E-state index contributed by atoms with van der Waals surface area (Å²) in [6, 6.07) is 14.2. The average Bonchev–Trinajstić information content (AvgIpc) is 3.31. The van der Waals surface area contributed by atoms with Crippen LogP contribution in [-0.2, 0) is 0 Å². The molecule has 8 heteroatoms. The molecule has 0 bridgehead atoms. The van der Waals surface area contributed by atoms with Gasteiger partial charge >= 0.3 is 6.61 Å². The molecule has 1 aliphatic carbocycles. The molecule has 0 fully saturated rings. The number of pyridine rings is 2. The van der Waals surface area contributed by atoms with E-state index in [-0.39, 0.29) is 11.7 Å². The van der Waals surface area contributed by atoms with Crippen molar-refractivity contribution in [2.45, 2.75) is 25.1 Å². The number of benzene rings is 1. The minimum atomic E-state index is -2.93. The second-order valence-corrected chi connectivity index (χ2v) is 7.34. The number of fused-ring (bicyclic) bond motifs is 3. The molecule has 6 nitrogen and oxygen atoms in total. The van der Waals surface area contributed by atoms with Crippen molar-refractivity contribution in [2.75, 3.05) is 7.11 Å². The molecule has 2 atom stereocenters. The molecule has 1 aliphatic rings. The molecule has 0 amide bonds. The summed E-state index contributed by atoms with van der Waals surface area (Å²) in [6.07, 6.45) is 3.20. The van der Waals surface area contributed by atoms with E-state index in [1.807, 2.05) is 28.8 Å². The first kappa shape index (κ1) is 19.4. The summed E-state index contributed by atoms with van der Waals surface area (Å²) in [5.74, 6) is 0.291. The largest absolute Gasteiger partial charge is 0.481 e. The Labute approximate surface area is 176 Å². The molecule has 0 saturated carbocycles. The lowest BCUT2D eigenvalue weighted by Crippen LogP contribution is -2.08. The predicted molar refractivity (Wildman–Crippen MR) is 109 cm³/mol. The Bertz CT molecular complexity index is 1240. The van der Waals surface area contributed by atoms with Gasteiger partial charge in [0.05, 0.1) is 24.6 Å². The highest BCUT2D eigenvalue weighted by Crippen LogP contribution is 2.47. The van der Waals surface area contributed by atoms with Gasteiger partial charge in [-0.15, -0.1) is 0 Å². The number of hydrogen-bond donors (Lipinski definition) is 1. The van der Waals surface area contributed by atoms with Crippen molar-refractivity contribution >= 4 is 5.65 Å². The van der Waals surface area contributed by atoms with E-state index in [9.17, 15) is 13.9 Å². The minimum Gasteiger partial charge on any atom is -0.481 e. The summed E-state index contributed by atoms with van der Waals surface area (Å²) >= 11 is 0. The van der Waals surface area contributed by atoms with Crippen LogP contribution in [0.4, 0.5) is 8.78 Å². The fourth-order valence-corrected chi connectivity index (χ4v) is 4.21. The van der Waals surface area contributed by atoms with Gasteiger partial charge in [-0.05, 0) is 30.7 Å². The number of aromatic nitrogens is 3. The van der Waals surface area contributed by atoms with Gasteiger partial charge in [0.15, 0.2) is 0 Å². The number of nitrogens with zero attached hydrogens (tertiary/aromatic N) is 3. The molecule has 158 valence electrons. The van der Waals surface area contributed by atoms with Crippen LogP contribution in [0, 0.1) is 0 Å². The smallest absolute Gasteiger partial charge is 0.387 e. The number of hydrogen-bond acceptors (Lipinski definition) is 5. The second kappa shape index (κ2) is 7.63. The molecule has 3 heterocycles. The van der Waals surface area contributed by atoms with Crippen molar-refractivity contribution in [2.24, 2.45) is 0 Å². The molecule has 31 heavy (non-hydrogen) atoms. The van der Waals surface area contributed by atoms with Crippen molar-refractivity contribution in [3.8, 4) is 22.8 Å². The van der Waals surface area contributed by atoms with E-state index in [1.165, 1.54) is 6.07 Å². The summed E-state index contributed by atoms with van der Waals surface area (Å²) in [4.78, 5) is 8.84. The van der Waals surface area contributed by atoms with Crippen LogP contribution in [0.25, 0.3) is 16.8 Å². The van der Waals surface area contributed by atoms with E-state index in [2.05, 4.69) is 9.97 Å². The predicted octanol–water partition coefficient (Wildman–Crippen LogP) is 4.58. The zero-order chi connectivity index (χ0) is 21.5. The van der Waals surface area contributed by atoms with Gasteiger partial charge in [0.2, 0.25) is 5.88 Å². The van der Waals surface area contributed by atoms with E-state index in [1.54, 1.807) is 37.6 Å². The molecule has 4 aromatic rings. The van der Waals surface area contributed by atoms with E-state index < -0.39 is 12.7 Å². The first-order valence-corrected chi connectivity index (χ1v) is 9.79. The van der Waals surface area contributed by atoms with Crippen LogP contribution in [0.3, 0.4) is 0 Å². The van der Waals surface area contributed by atoms with Crippen LogP contribution in [-0.4, -0.2) is 33.2 Å². The van der Waals surface area contributed by atoms with Gasteiger partial charge in [-0.3, -0.25) is 0 Å². The van der Waals surface area contributed by atoms with Gasteiger partial charge in [0, 0.05) is 41.1 Å². The van der Waals surface area contributed by atoms with Crippen molar-refractivity contribution in [1.82, 2.24) is 14.4 Å². The summed E-state index contributed by atoms with van der Waals surface area (Å²) in [6.45, 7) is -2.93. The Morgan fingerprint density at radius 3 is 2.65 bits per heavy atom. The first-order chi connectivity index (χ1) is 15.0. The second-order valence-electron chi connectivity index (χ2n) is 7.34. The molecule has 2 unspecified atom stereocenters. The first-order valence-electron chi connectivity index (χ1n) is 9.79. The molecule has 1 aromatic carbocycles. The monoisotopic (exact) mass is 423 g/mol. The van der Waals surface area contributed by atoms with Crippen LogP contribution in [0.1, 0.15) is 35.4 Å². The number of halogens is 2. The van der Waals surface area contributed by atoms with E-state index >= 15 is 0 Å². The molecule has 3 aromatic heterocycles. The highest BCUT2D eigenvalue weighted by atomic mass is 19.3. The topological polar surface area (TPSA) is 68.9 Å². The van der Waals surface area contributed by atoms with Crippen molar-refractivity contribution < 1.29 is 23.4 Å². The lowest BCUT2D eigenvalue weighted by molar-refractivity contribution is -0.0505. The number of alkyl halides is 2. The Balaban J connectivity index is 1.63. The van der Waals surface area contributed by atoms with Crippen LogP contribution >= 0.6 is 0 Å². The standard InChI is InChI=1S/C23H19F2N3O3/c1-30-20-9-7-13(11-26-20)14-6-8-19-27-21-17(29)10-16(22(21)28(19)12-14)15-4-2-3-5-18(15)31-23(24)25/h2-9,11-12,16-17,23,29H,10H2,1H3. The average molecular weight is 423 g/mol. The van der Waals surface area contributed by atoms with Gasteiger partial charge < -0.3 is 19.0 Å². The van der Waals surface area contributed by atoms with E-state index in [0.717, 1.165) is 16.8 Å². The SMILES string of the molecule is COc1ccc(-c2ccc3nc4c(n3c2)C(c2ccccc2OC(F)F)CC4O)cn1. The maximum absolute atomic E-state index is 12.9. The van der Waals surface area contributed by atoms with Gasteiger partial charge in [-0.2, -0.15) is 8.78 Å². The maximum Gasteiger partial charge on any atom is 0.387 e.